The van der Waals surface area contributed by atoms with Crippen molar-refractivity contribution in [2.24, 2.45) is 0 Å². The lowest BCUT2D eigenvalue weighted by Gasteiger charge is -2.24. The summed E-state index contributed by atoms with van der Waals surface area (Å²) in [7, 11) is 0. The minimum Gasteiger partial charge on any atom is -0.323 e. The number of ketones is 1. The van der Waals surface area contributed by atoms with E-state index >= 15 is 0 Å². The van der Waals surface area contributed by atoms with Crippen molar-refractivity contribution >= 4 is 29.3 Å². The van der Waals surface area contributed by atoms with Gasteiger partial charge in [-0.15, -0.1) is 0 Å². The minimum absolute atomic E-state index is 0.0899. The molecule has 148 valence electrons. The van der Waals surface area contributed by atoms with E-state index in [2.05, 4.69) is 5.32 Å². The number of urea groups is 1. The normalized spacial score (nSPS) is 21.9. The van der Waals surface area contributed by atoms with Crippen LogP contribution in [-0.2, 0) is 9.59 Å². The van der Waals surface area contributed by atoms with Crippen LogP contribution in [0.5, 0.6) is 0 Å². The molecule has 0 radical (unpaired) electrons. The number of hydrogen-bond acceptors (Lipinski definition) is 4. The first kappa shape index (κ1) is 18.7. The summed E-state index contributed by atoms with van der Waals surface area (Å²) < 4.78 is 0. The van der Waals surface area contributed by atoms with Gasteiger partial charge in [-0.3, -0.25) is 19.3 Å². The van der Waals surface area contributed by atoms with Gasteiger partial charge in [-0.05, 0) is 43.5 Å². The molecule has 1 aromatic carbocycles. The number of anilines is 1. The Labute approximate surface area is 164 Å². The topological polar surface area (TPSA) is 86.8 Å². The molecular weight excluding hydrogens is 358 g/mol. The molecular formula is C21H25N3O4. The van der Waals surface area contributed by atoms with Crippen LogP contribution in [0.1, 0.15) is 61.7 Å². The Morgan fingerprint density at radius 1 is 0.964 bits per heavy atom. The number of imide groups is 1. The summed E-state index contributed by atoms with van der Waals surface area (Å²) in [5, 5.41) is 2.86. The monoisotopic (exact) mass is 383 g/mol. The minimum atomic E-state index is -0.826. The molecule has 1 aromatic rings. The van der Waals surface area contributed by atoms with E-state index in [0.29, 0.717) is 31.4 Å². The van der Waals surface area contributed by atoms with Crippen molar-refractivity contribution in [3.05, 3.63) is 29.8 Å². The van der Waals surface area contributed by atoms with Gasteiger partial charge >= 0.3 is 6.03 Å². The molecule has 1 spiro atoms. The second kappa shape index (κ2) is 7.37. The Kier molecular flexibility index (Phi) is 4.91. The molecule has 1 saturated carbocycles. The number of nitrogens with one attached hydrogen (secondary N) is 1. The summed E-state index contributed by atoms with van der Waals surface area (Å²) in [6.45, 7) is 0.436. The van der Waals surface area contributed by atoms with Gasteiger partial charge in [0.2, 0.25) is 5.91 Å². The van der Waals surface area contributed by atoms with Crippen LogP contribution in [0.4, 0.5) is 10.5 Å². The number of carbonyl (C=O) groups is 4. The Morgan fingerprint density at radius 3 is 2.25 bits per heavy atom. The molecule has 3 fully saturated rings. The number of benzene rings is 1. The van der Waals surface area contributed by atoms with Crippen LogP contribution in [0.15, 0.2) is 24.3 Å². The molecule has 1 aliphatic carbocycles. The lowest BCUT2D eigenvalue weighted by Crippen LogP contribution is -2.46. The molecule has 7 heteroatoms. The third-order valence-electron chi connectivity index (χ3n) is 6.08. The number of carbonyl (C=O) groups excluding carboxylic acids is 4. The van der Waals surface area contributed by atoms with Gasteiger partial charge in [0.1, 0.15) is 5.54 Å². The molecule has 2 saturated heterocycles. The average Bonchev–Trinajstić information content (AvgIpc) is 3.10. The maximum Gasteiger partial charge on any atom is 0.325 e. The van der Waals surface area contributed by atoms with Gasteiger partial charge in [-0.2, -0.15) is 0 Å². The van der Waals surface area contributed by atoms with E-state index in [1.165, 1.54) is 0 Å². The Morgan fingerprint density at radius 2 is 1.64 bits per heavy atom. The van der Waals surface area contributed by atoms with Gasteiger partial charge in [0, 0.05) is 24.2 Å². The molecule has 7 nitrogen and oxygen atoms in total. The van der Waals surface area contributed by atoms with E-state index in [0.717, 1.165) is 42.7 Å². The van der Waals surface area contributed by atoms with Crippen LogP contribution in [0.3, 0.4) is 0 Å². The molecule has 28 heavy (non-hydrogen) atoms. The van der Waals surface area contributed by atoms with Crippen molar-refractivity contribution in [3.63, 3.8) is 0 Å². The van der Waals surface area contributed by atoms with Gasteiger partial charge < -0.3 is 10.2 Å². The highest BCUT2D eigenvalue weighted by atomic mass is 16.2. The molecule has 0 unspecified atom stereocenters. The molecule has 0 aromatic heterocycles. The van der Waals surface area contributed by atoms with Crippen LogP contribution in [0.25, 0.3) is 0 Å². The largest absolute Gasteiger partial charge is 0.325 e. The number of amides is 4. The van der Waals surface area contributed by atoms with E-state index < -0.39 is 11.6 Å². The number of nitrogens with zero attached hydrogens (tertiary/aromatic N) is 2. The van der Waals surface area contributed by atoms with Gasteiger partial charge in [-0.25, -0.2) is 4.79 Å². The summed E-state index contributed by atoms with van der Waals surface area (Å²) in [5.74, 6) is -0.465. The summed E-state index contributed by atoms with van der Waals surface area (Å²) in [5.41, 5.74) is 0.373. The molecule has 0 atom stereocenters. The van der Waals surface area contributed by atoms with E-state index in [9.17, 15) is 19.2 Å². The summed E-state index contributed by atoms with van der Waals surface area (Å²) in [4.78, 5) is 52.6. The molecule has 4 rings (SSSR count). The zero-order chi connectivity index (χ0) is 19.7. The zero-order valence-corrected chi connectivity index (χ0v) is 15.9. The summed E-state index contributed by atoms with van der Waals surface area (Å²) >= 11 is 0. The average molecular weight is 383 g/mol. The van der Waals surface area contributed by atoms with Crippen LogP contribution in [0.2, 0.25) is 0 Å². The zero-order valence-electron chi connectivity index (χ0n) is 15.9. The highest BCUT2D eigenvalue weighted by Crippen LogP contribution is 2.32. The lowest BCUT2D eigenvalue weighted by atomic mass is 9.90. The predicted molar refractivity (Wildman–Crippen MR) is 103 cm³/mol. The van der Waals surface area contributed by atoms with E-state index in [1.54, 1.807) is 29.2 Å². The van der Waals surface area contributed by atoms with E-state index in [-0.39, 0.29) is 24.1 Å². The lowest BCUT2D eigenvalue weighted by molar-refractivity contribution is -0.131. The second-order valence-corrected chi connectivity index (χ2v) is 7.94. The van der Waals surface area contributed by atoms with Gasteiger partial charge in [0.05, 0.1) is 6.54 Å². The molecule has 0 bridgehead atoms. The first-order valence-corrected chi connectivity index (χ1v) is 10.1. The summed E-state index contributed by atoms with van der Waals surface area (Å²) in [6.07, 6.45) is 6.62. The van der Waals surface area contributed by atoms with E-state index in [1.807, 2.05) is 0 Å². The molecule has 1 N–H and O–H groups in total. The predicted octanol–water partition coefficient (Wildman–Crippen LogP) is 2.64. The Balaban J connectivity index is 1.45. The van der Waals surface area contributed by atoms with Crippen LogP contribution >= 0.6 is 0 Å². The first-order valence-electron chi connectivity index (χ1n) is 10.1. The highest BCUT2D eigenvalue weighted by molar-refractivity contribution is 6.11. The first-order chi connectivity index (χ1) is 13.5. The maximum absolute atomic E-state index is 12.9. The molecule has 3 aliphatic rings. The Bertz CT molecular complexity index is 809. The van der Waals surface area contributed by atoms with E-state index in [4.69, 9.17) is 0 Å². The van der Waals surface area contributed by atoms with Crippen molar-refractivity contribution in [2.45, 2.75) is 56.9 Å². The van der Waals surface area contributed by atoms with Crippen molar-refractivity contribution in [1.82, 2.24) is 10.2 Å². The van der Waals surface area contributed by atoms with Crippen LogP contribution in [-0.4, -0.2) is 47.2 Å². The fourth-order valence-corrected chi connectivity index (χ4v) is 4.47. The van der Waals surface area contributed by atoms with Gasteiger partial charge in [0.15, 0.2) is 5.78 Å². The standard InChI is InChI=1S/C21H25N3O4/c25-17(15-7-9-16(10-8-15)23-13-5-6-18(23)26)14-24-19(27)21(22-20(24)28)11-3-1-2-4-12-21/h7-10H,1-6,11-14H2,(H,22,28). The third kappa shape index (κ3) is 3.30. The quantitative estimate of drug-likeness (QED) is 0.640. The number of hydrogen-bond donors (Lipinski definition) is 1. The fraction of sp³-hybridized carbons (Fsp3) is 0.524. The van der Waals surface area contributed by atoms with Crippen molar-refractivity contribution in [2.75, 3.05) is 18.0 Å². The Hall–Kier alpha value is -2.70. The second-order valence-electron chi connectivity index (χ2n) is 7.94. The smallest absolute Gasteiger partial charge is 0.323 e. The third-order valence-corrected chi connectivity index (χ3v) is 6.08. The summed E-state index contributed by atoms with van der Waals surface area (Å²) in [6, 6.07) is 6.33. The molecule has 2 heterocycles. The van der Waals surface area contributed by atoms with Crippen LogP contribution < -0.4 is 10.2 Å². The van der Waals surface area contributed by atoms with Crippen molar-refractivity contribution < 1.29 is 19.2 Å². The maximum atomic E-state index is 12.9. The van der Waals surface area contributed by atoms with Crippen molar-refractivity contribution in [1.29, 1.82) is 0 Å². The number of Topliss-reactive ketones (excluding diaryl/α,β-unsaturated/α-hetero) is 1. The molecule has 2 aliphatic heterocycles. The van der Waals surface area contributed by atoms with Crippen molar-refractivity contribution in [3.8, 4) is 0 Å². The SMILES string of the molecule is O=C(CN1C(=O)NC2(CCCCCC2)C1=O)c1ccc(N2CCCC2=O)cc1. The fourth-order valence-electron chi connectivity index (χ4n) is 4.47. The number of rotatable bonds is 4. The van der Waals surface area contributed by atoms with Gasteiger partial charge in [-0.1, -0.05) is 25.7 Å². The van der Waals surface area contributed by atoms with Crippen LogP contribution in [0, 0.1) is 0 Å². The van der Waals surface area contributed by atoms with Gasteiger partial charge in [0.25, 0.3) is 5.91 Å². The highest BCUT2D eigenvalue weighted by Gasteiger charge is 2.51. The molecule has 4 amide bonds.